The molecule has 132 valence electrons. The van der Waals surface area contributed by atoms with Gasteiger partial charge in [0, 0.05) is 12.6 Å². The van der Waals surface area contributed by atoms with Crippen molar-refractivity contribution in [3.63, 3.8) is 0 Å². The average Bonchev–Trinajstić information content (AvgIpc) is 3.02. The van der Waals surface area contributed by atoms with E-state index in [1.54, 1.807) is 6.21 Å². The Morgan fingerprint density at radius 3 is 2.62 bits per heavy atom. The third-order valence-electron chi connectivity index (χ3n) is 3.68. The van der Waals surface area contributed by atoms with E-state index in [1.165, 1.54) is 17.3 Å². The lowest BCUT2D eigenvalue weighted by Crippen LogP contribution is -2.19. The second-order valence-corrected chi connectivity index (χ2v) is 6.67. The average molecular weight is 365 g/mol. The lowest BCUT2D eigenvalue weighted by Gasteiger charge is -2.04. The first-order valence-electron chi connectivity index (χ1n) is 8.09. The summed E-state index contributed by atoms with van der Waals surface area (Å²) in [5.41, 5.74) is 5.63. The molecule has 0 unspecified atom stereocenters. The second kappa shape index (κ2) is 8.44. The predicted molar refractivity (Wildman–Crippen MR) is 104 cm³/mol. The maximum atomic E-state index is 11.9. The number of carbonyl (C=O) groups is 1. The Bertz CT molecular complexity index is 903. The van der Waals surface area contributed by atoms with E-state index in [9.17, 15) is 4.79 Å². The molecule has 0 saturated carbocycles. The van der Waals surface area contributed by atoms with E-state index in [0.717, 1.165) is 17.0 Å². The monoisotopic (exact) mass is 365 g/mol. The van der Waals surface area contributed by atoms with Gasteiger partial charge in [-0.25, -0.2) is 5.43 Å². The van der Waals surface area contributed by atoms with Gasteiger partial charge in [-0.1, -0.05) is 71.9 Å². The summed E-state index contributed by atoms with van der Waals surface area (Å²) < 4.78 is 1.88. The fourth-order valence-electron chi connectivity index (χ4n) is 2.27. The van der Waals surface area contributed by atoms with Crippen molar-refractivity contribution in [2.75, 3.05) is 5.75 Å². The Hall–Kier alpha value is -2.93. The zero-order valence-electron chi connectivity index (χ0n) is 14.6. The van der Waals surface area contributed by atoms with E-state index in [2.05, 4.69) is 20.7 Å². The zero-order valence-corrected chi connectivity index (χ0v) is 15.4. The van der Waals surface area contributed by atoms with Gasteiger partial charge in [0.05, 0.1) is 12.0 Å². The number of amides is 1. The first-order chi connectivity index (χ1) is 12.6. The van der Waals surface area contributed by atoms with Crippen LogP contribution in [0.5, 0.6) is 0 Å². The van der Waals surface area contributed by atoms with Gasteiger partial charge in [0.25, 0.3) is 5.91 Å². The van der Waals surface area contributed by atoms with E-state index in [4.69, 9.17) is 0 Å². The molecule has 3 rings (SSSR count). The molecule has 6 nitrogen and oxygen atoms in total. The van der Waals surface area contributed by atoms with Gasteiger partial charge in [-0.3, -0.25) is 4.79 Å². The second-order valence-electron chi connectivity index (χ2n) is 5.72. The molecule has 1 aromatic heterocycles. The van der Waals surface area contributed by atoms with Crippen LogP contribution in [-0.2, 0) is 11.8 Å². The number of aryl methyl sites for hydroxylation is 1. The summed E-state index contributed by atoms with van der Waals surface area (Å²) in [6, 6.07) is 17.7. The van der Waals surface area contributed by atoms with E-state index in [-0.39, 0.29) is 11.7 Å². The molecule has 0 atom stereocenters. The summed E-state index contributed by atoms with van der Waals surface area (Å²) in [5.74, 6) is 0.795. The lowest BCUT2D eigenvalue weighted by atomic mass is 10.1. The Morgan fingerprint density at radius 2 is 1.88 bits per heavy atom. The van der Waals surface area contributed by atoms with E-state index in [1.807, 2.05) is 73.1 Å². The standard InChI is InChI=1S/C19H19N5OS/c1-14-8-10-16(11-9-14)18-22-23-19(24(18)2)26-13-17(25)21-20-12-15-6-4-3-5-7-15/h3-12H,13H2,1-2H3,(H,21,25). The van der Waals surface area contributed by atoms with Crippen LogP contribution in [0.4, 0.5) is 0 Å². The van der Waals surface area contributed by atoms with Crippen LogP contribution in [0.2, 0.25) is 0 Å². The first-order valence-corrected chi connectivity index (χ1v) is 9.08. The number of aromatic nitrogens is 3. The number of thioether (sulfide) groups is 1. The van der Waals surface area contributed by atoms with Gasteiger partial charge in [-0.05, 0) is 12.5 Å². The van der Waals surface area contributed by atoms with Crippen molar-refractivity contribution in [3.8, 4) is 11.4 Å². The van der Waals surface area contributed by atoms with Crippen molar-refractivity contribution < 1.29 is 4.79 Å². The minimum absolute atomic E-state index is 0.193. The van der Waals surface area contributed by atoms with Crippen molar-refractivity contribution in [3.05, 3.63) is 65.7 Å². The van der Waals surface area contributed by atoms with Gasteiger partial charge in [0.15, 0.2) is 11.0 Å². The van der Waals surface area contributed by atoms with Gasteiger partial charge in [0.2, 0.25) is 0 Å². The fourth-order valence-corrected chi connectivity index (χ4v) is 2.98. The SMILES string of the molecule is Cc1ccc(-c2nnc(SCC(=O)NN=Cc3ccccc3)n2C)cc1. The topological polar surface area (TPSA) is 72.2 Å². The van der Waals surface area contributed by atoms with Gasteiger partial charge in [0.1, 0.15) is 0 Å². The molecular weight excluding hydrogens is 346 g/mol. The molecule has 1 N–H and O–H groups in total. The number of benzene rings is 2. The third kappa shape index (κ3) is 4.58. The smallest absolute Gasteiger partial charge is 0.250 e. The van der Waals surface area contributed by atoms with Crippen LogP contribution in [-0.4, -0.2) is 32.6 Å². The molecule has 0 fully saturated rings. The Kier molecular flexibility index (Phi) is 5.80. The van der Waals surface area contributed by atoms with Crippen LogP contribution in [0.15, 0.2) is 64.9 Å². The molecule has 2 aromatic carbocycles. The molecule has 0 aliphatic heterocycles. The van der Waals surface area contributed by atoms with Crippen LogP contribution in [0.25, 0.3) is 11.4 Å². The highest BCUT2D eigenvalue weighted by atomic mass is 32.2. The lowest BCUT2D eigenvalue weighted by molar-refractivity contribution is -0.118. The highest BCUT2D eigenvalue weighted by Crippen LogP contribution is 2.22. The molecule has 0 radical (unpaired) electrons. The number of nitrogens with zero attached hydrogens (tertiary/aromatic N) is 4. The van der Waals surface area contributed by atoms with Crippen LogP contribution < -0.4 is 5.43 Å². The van der Waals surface area contributed by atoms with Crippen molar-refractivity contribution >= 4 is 23.9 Å². The quantitative estimate of drug-likeness (QED) is 0.414. The van der Waals surface area contributed by atoms with Gasteiger partial charge in [-0.15, -0.1) is 10.2 Å². The first kappa shape index (κ1) is 17.9. The Balaban J connectivity index is 1.55. The molecule has 0 bridgehead atoms. The van der Waals surface area contributed by atoms with Crippen molar-refractivity contribution in [2.45, 2.75) is 12.1 Å². The van der Waals surface area contributed by atoms with Crippen LogP contribution >= 0.6 is 11.8 Å². The molecule has 0 spiro atoms. The fraction of sp³-hybridized carbons (Fsp3) is 0.158. The number of hydrazone groups is 1. The van der Waals surface area contributed by atoms with Gasteiger partial charge >= 0.3 is 0 Å². The normalized spacial score (nSPS) is 11.0. The zero-order chi connectivity index (χ0) is 18.4. The van der Waals surface area contributed by atoms with Gasteiger partial charge < -0.3 is 4.57 Å². The highest BCUT2D eigenvalue weighted by molar-refractivity contribution is 7.99. The summed E-state index contributed by atoms with van der Waals surface area (Å²) in [4.78, 5) is 11.9. The minimum Gasteiger partial charge on any atom is -0.305 e. The predicted octanol–water partition coefficient (Wildman–Crippen LogP) is 3.03. The van der Waals surface area contributed by atoms with Crippen molar-refractivity contribution in [2.24, 2.45) is 12.1 Å². The van der Waals surface area contributed by atoms with Crippen LogP contribution in [0, 0.1) is 6.92 Å². The molecular formula is C19H19N5OS. The summed E-state index contributed by atoms with van der Waals surface area (Å²) in [6.07, 6.45) is 1.61. The summed E-state index contributed by atoms with van der Waals surface area (Å²) >= 11 is 1.32. The minimum atomic E-state index is -0.193. The number of nitrogens with one attached hydrogen (secondary N) is 1. The number of rotatable bonds is 6. The number of hydrogen-bond acceptors (Lipinski definition) is 5. The molecule has 0 aliphatic carbocycles. The third-order valence-corrected chi connectivity index (χ3v) is 4.70. The Labute approximate surface area is 156 Å². The van der Waals surface area contributed by atoms with Crippen molar-refractivity contribution in [1.29, 1.82) is 0 Å². The Morgan fingerprint density at radius 1 is 1.15 bits per heavy atom. The summed E-state index contributed by atoms with van der Waals surface area (Å²) in [7, 11) is 1.89. The number of carbonyl (C=O) groups excluding carboxylic acids is 1. The van der Waals surface area contributed by atoms with Gasteiger partial charge in [-0.2, -0.15) is 5.10 Å². The molecule has 26 heavy (non-hydrogen) atoms. The maximum absolute atomic E-state index is 11.9. The van der Waals surface area contributed by atoms with E-state index >= 15 is 0 Å². The van der Waals surface area contributed by atoms with Crippen LogP contribution in [0.1, 0.15) is 11.1 Å². The van der Waals surface area contributed by atoms with Crippen LogP contribution in [0.3, 0.4) is 0 Å². The highest BCUT2D eigenvalue weighted by Gasteiger charge is 2.12. The molecule has 0 saturated heterocycles. The molecule has 0 aliphatic rings. The summed E-state index contributed by atoms with van der Waals surface area (Å²) in [6.45, 7) is 2.04. The van der Waals surface area contributed by atoms with E-state index in [0.29, 0.717) is 5.16 Å². The molecule has 3 aromatic rings. The maximum Gasteiger partial charge on any atom is 0.250 e. The molecule has 1 heterocycles. The number of hydrogen-bond donors (Lipinski definition) is 1. The largest absolute Gasteiger partial charge is 0.305 e. The van der Waals surface area contributed by atoms with E-state index < -0.39 is 0 Å². The molecule has 1 amide bonds. The molecule has 7 heteroatoms. The van der Waals surface area contributed by atoms with Crippen molar-refractivity contribution in [1.82, 2.24) is 20.2 Å². The summed E-state index contributed by atoms with van der Waals surface area (Å²) in [5, 5.41) is 13.0.